The predicted octanol–water partition coefficient (Wildman–Crippen LogP) is 6.28. The second kappa shape index (κ2) is 10.1. The fourth-order valence-corrected chi connectivity index (χ4v) is 4.98. The van der Waals surface area contributed by atoms with Gasteiger partial charge in [0, 0.05) is 17.4 Å². The average Bonchev–Trinajstić information content (AvgIpc) is 3.45. The number of methoxy groups -OCH3 is 1. The van der Waals surface area contributed by atoms with Crippen molar-refractivity contribution in [1.82, 2.24) is 4.98 Å². The van der Waals surface area contributed by atoms with Crippen molar-refractivity contribution in [1.29, 1.82) is 0 Å². The summed E-state index contributed by atoms with van der Waals surface area (Å²) in [6.07, 6.45) is 2.46. The SMILES string of the molecule is COc1ccc(SCCCC(=O)N(Cc2ccco2)c2nc3c(F)cc(F)cc3s2)cc1. The number of furan rings is 1. The molecule has 0 bridgehead atoms. The minimum atomic E-state index is -0.746. The second-order valence-electron chi connectivity index (χ2n) is 6.92. The summed E-state index contributed by atoms with van der Waals surface area (Å²) in [6.45, 7) is 0.168. The Morgan fingerprint density at radius 2 is 2.03 bits per heavy atom. The minimum Gasteiger partial charge on any atom is -0.497 e. The highest BCUT2D eigenvalue weighted by Crippen LogP contribution is 2.32. The van der Waals surface area contributed by atoms with Gasteiger partial charge in [-0.15, -0.1) is 11.8 Å². The van der Waals surface area contributed by atoms with Crippen LogP contribution in [-0.4, -0.2) is 23.8 Å². The van der Waals surface area contributed by atoms with Crippen LogP contribution in [0, 0.1) is 11.6 Å². The Morgan fingerprint density at radius 3 is 2.75 bits per heavy atom. The van der Waals surface area contributed by atoms with Crippen LogP contribution in [0.4, 0.5) is 13.9 Å². The summed E-state index contributed by atoms with van der Waals surface area (Å²) in [5.74, 6) is 0.555. The number of thiazole rings is 1. The molecule has 4 aromatic rings. The van der Waals surface area contributed by atoms with Crippen molar-refractivity contribution < 1.29 is 22.7 Å². The van der Waals surface area contributed by atoms with Crippen LogP contribution in [0.1, 0.15) is 18.6 Å². The first-order valence-electron chi connectivity index (χ1n) is 9.88. The fourth-order valence-electron chi connectivity index (χ4n) is 3.10. The lowest BCUT2D eigenvalue weighted by molar-refractivity contribution is -0.118. The first-order chi connectivity index (χ1) is 15.5. The lowest BCUT2D eigenvalue weighted by Crippen LogP contribution is -2.30. The van der Waals surface area contributed by atoms with Crippen molar-refractivity contribution in [3.8, 4) is 5.75 Å². The maximum absolute atomic E-state index is 14.1. The molecule has 4 rings (SSSR count). The van der Waals surface area contributed by atoms with E-state index in [-0.39, 0.29) is 24.4 Å². The van der Waals surface area contributed by atoms with Gasteiger partial charge in [0.15, 0.2) is 10.9 Å². The molecule has 0 saturated carbocycles. The van der Waals surface area contributed by atoms with Gasteiger partial charge in [0.1, 0.15) is 22.8 Å². The summed E-state index contributed by atoms with van der Waals surface area (Å²) in [6, 6.07) is 13.2. The summed E-state index contributed by atoms with van der Waals surface area (Å²) in [5, 5.41) is 0.314. The monoisotopic (exact) mass is 474 g/mol. The van der Waals surface area contributed by atoms with Gasteiger partial charge in [0.05, 0.1) is 24.6 Å². The Bertz CT molecular complexity index is 1190. The average molecular weight is 475 g/mol. The van der Waals surface area contributed by atoms with Gasteiger partial charge >= 0.3 is 0 Å². The molecule has 0 aliphatic heterocycles. The maximum Gasteiger partial charge on any atom is 0.229 e. The summed E-state index contributed by atoms with van der Waals surface area (Å²) >= 11 is 2.73. The third kappa shape index (κ3) is 5.28. The van der Waals surface area contributed by atoms with Gasteiger partial charge in [-0.25, -0.2) is 13.8 Å². The fraction of sp³-hybridized carbons (Fsp3) is 0.217. The van der Waals surface area contributed by atoms with E-state index in [1.54, 1.807) is 31.0 Å². The van der Waals surface area contributed by atoms with E-state index in [9.17, 15) is 13.6 Å². The molecule has 0 unspecified atom stereocenters. The highest BCUT2D eigenvalue weighted by Gasteiger charge is 2.22. The van der Waals surface area contributed by atoms with E-state index in [0.717, 1.165) is 33.8 Å². The molecule has 0 N–H and O–H groups in total. The molecule has 2 aromatic heterocycles. The molecular formula is C23H20F2N2O3S2. The van der Waals surface area contributed by atoms with Crippen LogP contribution in [0.15, 0.2) is 64.1 Å². The number of hydrogen-bond acceptors (Lipinski definition) is 6. The van der Waals surface area contributed by atoms with Crippen LogP contribution in [0.2, 0.25) is 0 Å². The van der Waals surface area contributed by atoms with Gasteiger partial charge in [-0.05, 0) is 54.6 Å². The van der Waals surface area contributed by atoms with Gasteiger partial charge in [0.25, 0.3) is 0 Å². The largest absolute Gasteiger partial charge is 0.497 e. The normalized spacial score (nSPS) is 11.1. The van der Waals surface area contributed by atoms with Crippen molar-refractivity contribution in [3.05, 3.63) is 72.2 Å². The molecule has 2 heterocycles. The minimum absolute atomic E-state index is 0.0544. The van der Waals surface area contributed by atoms with E-state index in [1.807, 2.05) is 24.3 Å². The third-order valence-corrected chi connectivity index (χ3v) is 6.81. The Balaban J connectivity index is 1.45. The van der Waals surface area contributed by atoms with E-state index in [1.165, 1.54) is 17.2 Å². The van der Waals surface area contributed by atoms with Crippen molar-refractivity contribution in [2.75, 3.05) is 17.8 Å². The molecule has 0 saturated heterocycles. The number of anilines is 1. The summed E-state index contributed by atoms with van der Waals surface area (Å²) in [7, 11) is 1.62. The number of rotatable bonds is 9. The lowest BCUT2D eigenvalue weighted by Gasteiger charge is -2.18. The molecule has 1 amide bonds. The zero-order valence-corrected chi connectivity index (χ0v) is 18.8. The van der Waals surface area contributed by atoms with Gasteiger partial charge in [0.2, 0.25) is 5.91 Å². The number of carbonyl (C=O) groups is 1. The molecule has 0 aliphatic carbocycles. The van der Waals surface area contributed by atoms with Crippen molar-refractivity contribution in [2.24, 2.45) is 0 Å². The summed E-state index contributed by atoms with van der Waals surface area (Å²) in [4.78, 5) is 19.9. The number of carbonyl (C=O) groups excluding carboxylic acids is 1. The first kappa shape index (κ1) is 22.3. The number of thioether (sulfide) groups is 1. The van der Waals surface area contributed by atoms with Gasteiger partial charge < -0.3 is 9.15 Å². The number of amides is 1. The van der Waals surface area contributed by atoms with Crippen LogP contribution in [0.3, 0.4) is 0 Å². The van der Waals surface area contributed by atoms with Crippen LogP contribution in [0.5, 0.6) is 5.75 Å². The van der Waals surface area contributed by atoms with Crippen molar-refractivity contribution in [3.63, 3.8) is 0 Å². The molecule has 0 spiro atoms. The zero-order chi connectivity index (χ0) is 22.5. The summed E-state index contributed by atoms with van der Waals surface area (Å²) < 4.78 is 38.6. The van der Waals surface area contributed by atoms with Crippen molar-refractivity contribution >= 4 is 44.4 Å². The molecule has 9 heteroatoms. The van der Waals surface area contributed by atoms with Crippen LogP contribution in [0.25, 0.3) is 10.2 Å². The zero-order valence-electron chi connectivity index (χ0n) is 17.2. The molecule has 32 heavy (non-hydrogen) atoms. The van der Waals surface area contributed by atoms with Crippen LogP contribution in [-0.2, 0) is 11.3 Å². The lowest BCUT2D eigenvalue weighted by atomic mass is 10.3. The van der Waals surface area contributed by atoms with Crippen LogP contribution < -0.4 is 9.64 Å². The number of ether oxygens (including phenoxy) is 1. The Labute approximate surface area is 192 Å². The van der Waals surface area contributed by atoms with Gasteiger partial charge in [-0.1, -0.05) is 11.3 Å². The van der Waals surface area contributed by atoms with Gasteiger partial charge in [-0.3, -0.25) is 9.69 Å². The van der Waals surface area contributed by atoms with E-state index in [4.69, 9.17) is 9.15 Å². The highest BCUT2D eigenvalue weighted by atomic mass is 32.2. The smallest absolute Gasteiger partial charge is 0.229 e. The number of fused-ring (bicyclic) bond motifs is 1. The maximum atomic E-state index is 14.1. The molecule has 0 atom stereocenters. The van der Waals surface area contributed by atoms with Crippen molar-refractivity contribution in [2.45, 2.75) is 24.3 Å². The highest BCUT2D eigenvalue weighted by molar-refractivity contribution is 7.99. The van der Waals surface area contributed by atoms with E-state index in [2.05, 4.69) is 4.98 Å². The Morgan fingerprint density at radius 1 is 1.22 bits per heavy atom. The van der Waals surface area contributed by atoms with E-state index < -0.39 is 11.6 Å². The standard InChI is InChI=1S/C23H20F2N2O3S2/c1-29-16-6-8-18(9-7-16)31-11-3-5-21(28)27(14-17-4-2-10-30-17)23-26-22-19(25)12-15(24)13-20(22)32-23/h2,4,6-10,12-13H,3,5,11,14H2,1H3. The molecule has 5 nitrogen and oxygen atoms in total. The number of aromatic nitrogens is 1. The van der Waals surface area contributed by atoms with Gasteiger partial charge in [-0.2, -0.15) is 0 Å². The molecule has 2 aromatic carbocycles. The molecule has 166 valence electrons. The number of halogens is 2. The van der Waals surface area contributed by atoms with E-state index in [0.29, 0.717) is 22.0 Å². The summed E-state index contributed by atoms with van der Waals surface area (Å²) in [5.41, 5.74) is 0.0544. The van der Waals surface area contributed by atoms with E-state index >= 15 is 0 Å². The number of benzene rings is 2. The topological polar surface area (TPSA) is 55.6 Å². The molecule has 0 radical (unpaired) electrons. The first-order valence-corrected chi connectivity index (χ1v) is 11.7. The van der Waals surface area contributed by atoms with Crippen LogP contribution >= 0.6 is 23.1 Å². The molecule has 0 aliphatic rings. The third-order valence-electron chi connectivity index (χ3n) is 4.69. The quantitative estimate of drug-likeness (QED) is 0.211. The Kier molecular flexibility index (Phi) is 7.06. The predicted molar refractivity (Wildman–Crippen MR) is 122 cm³/mol. The Hall–Kier alpha value is -2.91. The second-order valence-corrected chi connectivity index (χ2v) is 9.10. The number of hydrogen-bond donors (Lipinski definition) is 0. The number of nitrogens with zero attached hydrogens (tertiary/aromatic N) is 2. The molecule has 0 fully saturated rings. The molecular weight excluding hydrogens is 454 g/mol.